The summed E-state index contributed by atoms with van der Waals surface area (Å²) < 4.78 is 5.51. The third-order valence-electron chi connectivity index (χ3n) is 3.11. The summed E-state index contributed by atoms with van der Waals surface area (Å²) in [5.74, 6) is 0.756. The molecule has 88 valence electrons. The van der Waals surface area contributed by atoms with E-state index in [1.54, 1.807) is 0 Å². The number of aryl methyl sites for hydroxylation is 2. The topological polar surface area (TPSA) is 29.5 Å². The van der Waals surface area contributed by atoms with Gasteiger partial charge in [0.05, 0.1) is 6.61 Å². The minimum atomic E-state index is -0.487. The van der Waals surface area contributed by atoms with Crippen LogP contribution in [0.4, 0.5) is 0 Å². The molecule has 1 aromatic rings. The van der Waals surface area contributed by atoms with E-state index in [1.807, 2.05) is 19.1 Å². The number of rotatable bonds is 5. The molecular formula is C14H20O2. The van der Waals surface area contributed by atoms with Gasteiger partial charge in [0.2, 0.25) is 0 Å². The molecule has 1 unspecified atom stereocenters. The summed E-state index contributed by atoms with van der Waals surface area (Å²) >= 11 is 0. The van der Waals surface area contributed by atoms with E-state index in [9.17, 15) is 5.11 Å². The van der Waals surface area contributed by atoms with Gasteiger partial charge < -0.3 is 9.84 Å². The van der Waals surface area contributed by atoms with Gasteiger partial charge in [-0.3, -0.25) is 0 Å². The fourth-order valence-corrected chi connectivity index (χ4v) is 1.92. The Kier molecular flexibility index (Phi) is 3.62. The number of benzene rings is 1. The van der Waals surface area contributed by atoms with Crippen LogP contribution in [-0.2, 0) is 4.74 Å². The smallest absolute Gasteiger partial charge is 0.103 e. The summed E-state index contributed by atoms with van der Waals surface area (Å²) in [6, 6.07) is 6.13. The van der Waals surface area contributed by atoms with Crippen molar-refractivity contribution in [3.05, 3.63) is 34.9 Å². The molecule has 1 aliphatic carbocycles. The fourth-order valence-electron chi connectivity index (χ4n) is 1.92. The number of ether oxygens (including phenoxy) is 1. The van der Waals surface area contributed by atoms with Gasteiger partial charge in [-0.15, -0.1) is 0 Å². The van der Waals surface area contributed by atoms with Crippen molar-refractivity contribution in [2.24, 2.45) is 5.92 Å². The van der Waals surface area contributed by atoms with Gasteiger partial charge in [-0.1, -0.05) is 23.8 Å². The Morgan fingerprint density at radius 3 is 2.75 bits per heavy atom. The SMILES string of the molecule is Cc1ccc(C(O)COCC2CC2)c(C)c1. The molecule has 1 fully saturated rings. The van der Waals surface area contributed by atoms with Gasteiger partial charge in [-0.25, -0.2) is 0 Å². The minimum Gasteiger partial charge on any atom is -0.386 e. The van der Waals surface area contributed by atoms with E-state index in [1.165, 1.54) is 18.4 Å². The van der Waals surface area contributed by atoms with Crippen molar-refractivity contribution in [3.8, 4) is 0 Å². The Labute approximate surface area is 97.3 Å². The molecule has 0 saturated heterocycles. The Morgan fingerprint density at radius 1 is 1.38 bits per heavy atom. The molecule has 1 saturated carbocycles. The molecule has 2 heteroatoms. The van der Waals surface area contributed by atoms with Crippen LogP contribution in [0.5, 0.6) is 0 Å². The lowest BCUT2D eigenvalue weighted by Crippen LogP contribution is -2.10. The number of aliphatic hydroxyl groups is 1. The van der Waals surface area contributed by atoms with E-state index in [2.05, 4.69) is 13.0 Å². The highest BCUT2D eigenvalue weighted by Crippen LogP contribution is 2.29. The third-order valence-corrected chi connectivity index (χ3v) is 3.11. The van der Waals surface area contributed by atoms with Crippen molar-refractivity contribution in [3.63, 3.8) is 0 Å². The maximum Gasteiger partial charge on any atom is 0.103 e. The molecular weight excluding hydrogens is 200 g/mol. The largest absolute Gasteiger partial charge is 0.386 e. The van der Waals surface area contributed by atoms with E-state index < -0.39 is 6.10 Å². The predicted molar refractivity (Wildman–Crippen MR) is 64.4 cm³/mol. The highest BCUT2D eigenvalue weighted by atomic mass is 16.5. The lowest BCUT2D eigenvalue weighted by molar-refractivity contribution is 0.0312. The lowest BCUT2D eigenvalue weighted by Gasteiger charge is -2.14. The third kappa shape index (κ3) is 3.06. The molecule has 1 aliphatic rings. The highest BCUT2D eigenvalue weighted by Gasteiger charge is 2.21. The molecule has 0 bridgehead atoms. The van der Waals surface area contributed by atoms with Crippen LogP contribution >= 0.6 is 0 Å². The van der Waals surface area contributed by atoms with Crippen LogP contribution in [0.1, 0.15) is 35.6 Å². The van der Waals surface area contributed by atoms with Gasteiger partial charge in [0, 0.05) is 6.61 Å². The molecule has 1 atom stereocenters. The Hall–Kier alpha value is -0.860. The van der Waals surface area contributed by atoms with Crippen LogP contribution in [0.3, 0.4) is 0 Å². The summed E-state index contributed by atoms with van der Waals surface area (Å²) in [7, 11) is 0. The Morgan fingerprint density at radius 2 is 2.12 bits per heavy atom. The van der Waals surface area contributed by atoms with Crippen LogP contribution in [0, 0.1) is 19.8 Å². The molecule has 2 nitrogen and oxygen atoms in total. The van der Waals surface area contributed by atoms with Crippen molar-refractivity contribution in [2.45, 2.75) is 32.8 Å². The van der Waals surface area contributed by atoms with Crippen LogP contribution in [0.25, 0.3) is 0 Å². The first-order chi connectivity index (χ1) is 7.66. The van der Waals surface area contributed by atoms with Gasteiger partial charge in [0.1, 0.15) is 6.10 Å². The van der Waals surface area contributed by atoms with Gasteiger partial charge in [0.15, 0.2) is 0 Å². The summed E-state index contributed by atoms with van der Waals surface area (Å²) in [4.78, 5) is 0. The number of aliphatic hydroxyl groups excluding tert-OH is 1. The zero-order valence-electron chi connectivity index (χ0n) is 10.1. The zero-order chi connectivity index (χ0) is 11.5. The van der Waals surface area contributed by atoms with Gasteiger partial charge in [-0.05, 0) is 43.7 Å². The molecule has 1 aromatic carbocycles. The monoisotopic (exact) mass is 220 g/mol. The number of hydrogen-bond acceptors (Lipinski definition) is 2. The van der Waals surface area contributed by atoms with Crippen molar-refractivity contribution < 1.29 is 9.84 Å². The first-order valence-electron chi connectivity index (χ1n) is 6.00. The quantitative estimate of drug-likeness (QED) is 0.826. The molecule has 0 aliphatic heterocycles. The fraction of sp³-hybridized carbons (Fsp3) is 0.571. The highest BCUT2D eigenvalue weighted by molar-refractivity contribution is 5.31. The van der Waals surface area contributed by atoms with Gasteiger partial charge >= 0.3 is 0 Å². The van der Waals surface area contributed by atoms with Gasteiger partial charge in [0.25, 0.3) is 0 Å². The summed E-state index contributed by atoms with van der Waals surface area (Å²) in [6.45, 7) is 5.32. The first-order valence-corrected chi connectivity index (χ1v) is 6.00. The second kappa shape index (κ2) is 4.98. The Bertz CT molecular complexity index is 356. The predicted octanol–water partition coefficient (Wildman–Crippen LogP) is 2.76. The molecule has 0 spiro atoms. The van der Waals surface area contributed by atoms with Crippen LogP contribution in [0.15, 0.2) is 18.2 Å². The van der Waals surface area contributed by atoms with Crippen LogP contribution in [-0.4, -0.2) is 18.3 Å². The lowest BCUT2D eigenvalue weighted by atomic mass is 10.0. The van der Waals surface area contributed by atoms with Crippen LogP contribution in [0.2, 0.25) is 0 Å². The molecule has 1 N–H and O–H groups in total. The van der Waals surface area contributed by atoms with E-state index in [0.717, 1.165) is 23.7 Å². The minimum absolute atomic E-state index is 0.417. The summed E-state index contributed by atoms with van der Waals surface area (Å²) in [5.41, 5.74) is 3.36. The molecule has 0 amide bonds. The average Bonchev–Trinajstić information content (AvgIpc) is 3.01. The van der Waals surface area contributed by atoms with Crippen molar-refractivity contribution in [2.75, 3.05) is 13.2 Å². The van der Waals surface area contributed by atoms with Crippen molar-refractivity contribution in [1.82, 2.24) is 0 Å². The second-order valence-electron chi connectivity index (χ2n) is 4.86. The molecule has 0 aromatic heterocycles. The molecule has 2 rings (SSSR count). The van der Waals surface area contributed by atoms with Crippen molar-refractivity contribution in [1.29, 1.82) is 0 Å². The number of hydrogen-bond donors (Lipinski definition) is 1. The van der Waals surface area contributed by atoms with E-state index >= 15 is 0 Å². The van der Waals surface area contributed by atoms with E-state index in [4.69, 9.17) is 4.74 Å². The molecule has 16 heavy (non-hydrogen) atoms. The van der Waals surface area contributed by atoms with E-state index in [-0.39, 0.29) is 0 Å². The van der Waals surface area contributed by atoms with Crippen molar-refractivity contribution >= 4 is 0 Å². The first kappa shape index (κ1) is 11.6. The maximum absolute atomic E-state index is 10.0. The standard InChI is InChI=1S/C14H20O2/c1-10-3-6-13(11(2)7-10)14(15)9-16-8-12-4-5-12/h3,6-7,12,14-15H,4-5,8-9H2,1-2H3. The van der Waals surface area contributed by atoms with Gasteiger partial charge in [-0.2, -0.15) is 0 Å². The molecule has 0 heterocycles. The van der Waals surface area contributed by atoms with E-state index in [0.29, 0.717) is 6.61 Å². The zero-order valence-corrected chi connectivity index (χ0v) is 10.1. The Balaban J connectivity index is 1.88. The maximum atomic E-state index is 10.0. The summed E-state index contributed by atoms with van der Waals surface area (Å²) in [6.07, 6.45) is 2.10. The summed E-state index contributed by atoms with van der Waals surface area (Å²) in [5, 5.41) is 10.0. The second-order valence-corrected chi connectivity index (χ2v) is 4.86. The average molecular weight is 220 g/mol. The van der Waals surface area contributed by atoms with Crippen LogP contribution < -0.4 is 0 Å². The molecule has 0 radical (unpaired) electrons. The normalized spacial score (nSPS) is 17.4.